The molecule has 0 radical (unpaired) electrons. The molecule has 2 amide bonds. The Hall–Kier alpha value is -3.48. The minimum atomic E-state index is -0.722. The van der Waals surface area contributed by atoms with Crippen molar-refractivity contribution in [3.8, 4) is 11.1 Å². The van der Waals surface area contributed by atoms with Crippen LogP contribution in [0.2, 0.25) is 0 Å². The smallest absolute Gasteiger partial charge is 0.271 e. The predicted molar refractivity (Wildman–Crippen MR) is 92.2 cm³/mol. The summed E-state index contributed by atoms with van der Waals surface area (Å²) in [6, 6.07) is 12.8. The Kier molecular flexibility index (Phi) is 3.83. The number of benzene rings is 2. The second kappa shape index (κ2) is 5.96. The highest BCUT2D eigenvalue weighted by molar-refractivity contribution is 6.07. The van der Waals surface area contributed by atoms with Crippen molar-refractivity contribution in [2.75, 3.05) is 11.1 Å². The number of primary amides is 1. The molecular formula is C17H15N5O2. The van der Waals surface area contributed by atoms with E-state index in [-0.39, 0.29) is 17.3 Å². The Morgan fingerprint density at radius 3 is 2.54 bits per heavy atom. The van der Waals surface area contributed by atoms with Gasteiger partial charge in [-0.25, -0.2) is 0 Å². The molecule has 3 aromatic rings. The highest BCUT2D eigenvalue weighted by atomic mass is 16.1. The van der Waals surface area contributed by atoms with Gasteiger partial charge in [0.2, 0.25) is 5.91 Å². The first-order valence-electron chi connectivity index (χ1n) is 7.20. The van der Waals surface area contributed by atoms with Gasteiger partial charge in [-0.2, -0.15) is 0 Å². The number of nitrogens with one attached hydrogen (secondary N) is 1. The van der Waals surface area contributed by atoms with Gasteiger partial charge in [0.25, 0.3) is 5.91 Å². The van der Waals surface area contributed by atoms with E-state index in [1.54, 1.807) is 12.1 Å². The summed E-state index contributed by atoms with van der Waals surface area (Å²) in [5, 5.41) is 11.3. The second-order valence-electron chi connectivity index (χ2n) is 5.29. The van der Waals surface area contributed by atoms with Gasteiger partial charge in [0.1, 0.15) is 5.52 Å². The predicted octanol–water partition coefficient (Wildman–Crippen LogP) is 1.94. The van der Waals surface area contributed by atoms with Crippen LogP contribution in [0, 0.1) is 0 Å². The van der Waals surface area contributed by atoms with Crippen LogP contribution in [0.1, 0.15) is 17.4 Å². The maximum Gasteiger partial charge on any atom is 0.271 e. The van der Waals surface area contributed by atoms with Crippen molar-refractivity contribution < 1.29 is 9.59 Å². The molecule has 0 atom stereocenters. The van der Waals surface area contributed by atoms with Gasteiger partial charge in [-0.1, -0.05) is 30.3 Å². The van der Waals surface area contributed by atoms with Crippen molar-refractivity contribution in [3.05, 3.63) is 48.2 Å². The third-order valence-electron chi connectivity index (χ3n) is 3.56. The van der Waals surface area contributed by atoms with E-state index in [1.165, 1.54) is 6.92 Å². The van der Waals surface area contributed by atoms with E-state index < -0.39 is 5.91 Å². The molecule has 0 unspecified atom stereocenters. The van der Waals surface area contributed by atoms with Crippen LogP contribution in [0.4, 0.5) is 11.4 Å². The normalized spacial score (nSPS) is 10.5. The SMILES string of the molecule is CC(=O)Nc1cccc(-c2cccc3c(N)c(C(N)=O)nnc23)c1. The van der Waals surface area contributed by atoms with Gasteiger partial charge in [-0.3, -0.25) is 9.59 Å². The van der Waals surface area contributed by atoms with Crippen LogP contribution in [-0.2, 0) is 4.79 Å². The van der Waals surface area contributed by atoms with E-state index >= 15 is 0 Å². The molecule has 0 spiro atoms. The number of nitrogens with zero attached hydrogens (tertiary/aromatic N) is 2. The fraction of sp³-hybridized carbons (Fsp3) is 0.0588. The molecule has 120 valence electrons. The largest absolute Gasteiger partial charge is 0.396 e. The second-order valence-corrected chi connectivity index (χ2v) is 5.29. The van der Waals surface area contributed by atoms with E-state index in [2.05, 4.69) is 15.5 Å². The van der Waals surface area contributed by atoms with Crippen molar-refractivity contribution in [2.45, 2.75) is 6.92 Å². The minimum absolute atomic E-state index is 0.0494. The summed E-state index contributed by atoms with van der Waals surface area (Å²) in [7, 11) is 0. The van der Waals surface area contributed by atoms with Gasteiger partial charge in [0.15, 0.2) is 5.69 Å². The molecule has 0 aliphatic heterocycles. The monoisotopic (exact) mass is 321 g/mol. The zero-order valence-electron chi connectivity index (χ0n) is 12.9. The maximum atomic E-state index is 11.4. The standard InChI is InChI=1S/C17H15N5O2/c1-9(23)20-11-5-2-4-10(8-11)12-6-3-7-13-14(18)16(17(19)24)22-21-15(12)13/h2-8H,1H3,(H2,18,21)(H2,19,24)(H,20,23). The molecule has 0 saturated carbocycles. The van der Waals surface area contributed by atoms with Gasteiger partial charge < -0.3 is 16.8 Å². The van der Waals surface area contributed by atoms with E-state index in [1.807, 2.05) is 30.3 Å². The molecule has 0 fully saturated rings. The van der Waals surface area contributed by atoms with Crippen molar-refractivity contribution in [1.29, 1.82) is 0 Å². The van der Waals surface area contributed by atoms with Crippen molar-refractivity contribution in [1.82, 2.24) is 10.2 Å². The molecule has 24 heavy (non-hydrogen) atoms. The molecule has 7 nitrogen and oxygen atoms in total. The summed E-state index contributed by atoms with van der Waals surface area (Å²) in [6.07, 6.45) is 0. The number of amides is 2. The van der Waals surface area contributed by atoms with Gasteiger partial charge >= 0.3 is 0 Å². The molecule has 3 rings (SSSR count). The molecule has 0 bridgehead atoms. The highest BCUT2D eigenvalue weighted by Gasteiger charge is 2.15. The molecule has 1 heterocycles. The topological polar surface area (TPSA) is 124 Å². The quantitative estimate of drug-likeness (QED) is 0.680. The summed E-state index contributed by atoms with van der Waals surface area (Å²) in [6.45, 7) is 1.45. The van der Waals surface area contributed by atoms with E-state index in [0.717, 1.165) is 11.1 Å². The van der Waals surface area contributed by atoms with Crippen LogP contribution in [0.25, 0.3) is 22.0 Å². The Balaban J connectivity index is 2.19. The van der Waals surface area contributed by atoms with Crippen LogP contribution >= 0.6 is 0 Å². The molecular weight excluding hydrogens is 306 g/mol. The lowest BCUT2D eigenvalue weighted by Crippen LogP contribution is -2.16. The molecule has 0 aliphatic rings. The minimum Gasteiger partial charge on any atom is -0.396 e. The number of hydrogen-bond donors (Lipinski definition) is 3. The zero-order chi connectivity index (χ0) is 17.3. The number of nitrogen functional groups attached to an aromatic ring is 1. The molecule has 0 aliphatic carbocycles. The first kappa shape index (κ1) is 15.4. The van der Waals surface area contributed by atoms with Crippen LogP contribution in [0.15, 0.2) is 42.5 Å². The average molecular weight is 321 g/mol. The molecule has 5 N–H and O–H groups in total. The lowest BCUT2D eigenvalue weighted by molar-refractivity contribution is -0.114. The number of carbonyl (C=O) groups is 2. The lowest BCUT2D eigenvalue weighted by atomic mass is 10.0. The molecule has 7 heteroatoms. The summed E-state index contributed by atoms with van der Waals surface area (Å²) in [5.74, 6) is -0.875. The summed E-state index contributed by atoms with van der Waals surface area (Å²) in [4.78, 5) is 22.6. The fourth-order valence-corrected chi connectivity index (χ4v) is 2.53. The zero-order valence-corrected chi connectivity index (χ0v) is 12.9. The number of aromatic nitrogens is 2. The number of nitrogens with two attached hydrogens (primary N) is 2. The van der Waals surface area contributed by atoms with Crippen LogP contribution in [0.5, 0.6) is 0 Å². The van der Waals surface area contributed by atoms with Crippen LogP contribution in [-0.4, -0.2) is 22.0 Å². The van der Waals surface area contributed by atoms with Crippen molar-refractivity contribution in [2.24, 2.45) is 5.73 Å². The number of rotatable bonds is 3. The van der Waals surface area contributed by atoms with Gasteiger partial charge in [-0.15, -0.1) is 10.2 Å². The van der Waals surface area contributed by atoms with Gasteiger partial charge in [0, 0.05) is 23.6 Å². The maximum absolute atomic E-state index is 11.4. The summed E-state index contributed by atoms with van der Waals surface area (Å²) >= 11 is 0. The van der Waals surface area contributed by atoms with Crippen molar-refractivity contribution in [3.63, 3.8) is 0 Å². The fourth-order valence-electron chi connectivity index (χ4n) is 2.53. The highest BCUT2D eigenvalue weighted by Crippen LogP contribution is 2.31. The van der Waals surface area contributed by atoms with E-state index in [0.29, 0.717) is 16.6 Å². The third-order valence-corrected chi connectivity index (χ3v) is 3.56. The molecule has 2 aromatic carbocycles. The number of fused-ring (bicyclic) bond motifs is 1. The Morgan fingerprint density at radius 2 is 1.83 bits per heavy atom. The van der Waals surface area contributed by atoms with Crippen LogP contribution in [0.3, 0.4) is 0 Å². The summed E-state index contributed by atoms with van der Waals surface area (Å²) in [5.41, 5.74) is 14.3. The molecule has 0 saturated heterocycles. The number of hydrogen-bond acceptors (Lipinski definition) is 5. The number of anilines is 2. The van der Waals surface area contributed by atoms with E-state index in [4.69, 9.17) is 11.5 Å². The Morgan fingerprint density at radius 1 is 1.08 bits per heavy atom. The lowest BCUT2D eigenvalue weighted by Gasteiger charge is -2.10. The molecule has 1 aromatic heterocycles. The first-order valence-corrected chi connectivity index (χ1v) is 7.20. The Labute approximate surface area is 137 Å². The summed E-state index contributed by atoms with van der Waals surface area (Å²) < 4.78 is 0. The van der Waals surface area contributed by atoms with Gasteiger partial charge in [0.05, 0.1) is 5.69 Å². The number of carbonyl (C=O) groups excluding carboxylic acids is 2. The average Bonchev–Trinajstić information content (AvgIpc) is 2.54. The van der Waals surface area contributed by atoms with Crippen molar-refractivity contribution >= 4 is 34.1 Å². The van der Waals surface area contributed by atoms with Gasteiger partial charge in [-0.05, 0) is 17.7 Å². The van der Waals surface area contributed by atoms with E-state index in [9.17, 15) is 9.59 Å². The Bertz CT molecular complexity index is 968. The van der Waals surface area contributed by atoms with Crippen LogP contribution < -0.4 is 16.8 Å². The third kappa shape index (κ3) is 2.74. The first-order chi connectivity index (χ1) is 11.5.